The number of carbonyl (C=O) groups is 2. The van der Waals surface area contributed by atoms with Gasteiger partial charge in [0.2, 0.25) is 0 Å². The minimum absolute atomic E-state index is 0.0905. The van der Waals surface area contributed by atoms with Crippen LogP contribution < -0.4 is 11.5 Å². The number of aliphatic carboxylic acids is 1. The van der Waals surface area contributed by atoms with Gasteiger partial charge in [0.05, 0.1) is 5.41 Å². The maximum absolute atomic E-state index is 13.3. The minimum Gasteiger partial charge on any atom is -0.479 e. The first-order valence-corrected chi connectivity index (χ1v) is 18.7. The van der Waals surface area contributed by atoms with Gasteiger partial charge in [-0.1, -0.05) is 167 Å². The molecule has 254 valence electrons. The third kappa shape index (κ3) is 21.2. The number of carboxylic acids is 1. The maximum atomic E-state index is 13.3. The van der Waals surface area contributed by atoms with Crippen LogP contribution in [0.1, 0.15) is 207 Å². The Morgan fingerprint density at radius 1 is 0.535 bits per heavy atom. The third-order valence-electron chi connectivity index (χ3n) is 9.58. The van der Waals surface area contributed by atoms with Crippen molar-refractivity contribution in [1.29, 1.82) is 0 Å². The molecule has 0 spiro atoms. The Kier molecular flexibility index (Phi) is 27.5. The number of hydrogen-bond acceptors (Lipinski definition) is 4. The molecular formula is C38H74N2O3. The van der Waals surface area contributed by atoms with Crippen LogP contribution in [-0.4, -0.2) is 22.5 Å². The zero-order valence-electron chi connectivity index (χ0n) is 29.1. The molecule has 1 unspecified atom stereocenters. The molecule has 5 heteroatoms. The fraction of sp³-hybridized carbons (Fsp3) is 0.895. The van der Waals surface area contributed by atoms with E-state index in [0.29, 0.717) is 12.8 Å². The number of allylic oxidation sites excluding steroid dienone is 2. The molecule has 0 saturated heterocycles. The zero-order valence-corrected chi connectivity index (χ0v) is 29.1. The van der Waals surface area contributed by atoms with Crippen molar-refractivity contribution in [2.24, 2.45) is 16.9 Å². The second-order valence-electron chi connectivity index (χ2n) is 13.6. The number of unbranched alkanes of at least 4 members (excludes halogenated alkanes) is 24. The molecule has 0 aliphatic heterocycles. The van der Waals surface area contributed by atoms with Gasteiger partial charge >= 0.3 is 5.97 Å². The van der Waals surface area contributed by atoms with Gasteiger partial charge in [-0.15, -0.1) is 0 Å². The lowest BCUT2D eigenvalue weighted by Crippen LogP contribution is -2.69. The molecule has 0 bridgehead atoms. The summed E-state index contributed by atoms with van der Waals surface area (Å²) in [6.45, 7) is 6.20. The van der Waals surface area contributed by atoms with Crippen molar-refractivity contribution in [3.8, 4) is 0 Å². The van der Waals surface area contributed by atoms with Crippen molar-refractivity contribution in [3.63, 3.8) is 0 Å². The van der Waals surface area contributed by atoms with Crippen LogP contribution in [0.4, 0.5) is 0 Å². The summed E-state index contributed by atoms with van der Waals surface area (Å²) < 4.78 is 0. The normalized spacial score (nSPS) is 13.5. The van der Waals surface area contributed by atoms with Gasteiger partial charge < -0.3 is 16.6 Å². The van der Waals surface area contributed by atoms with Gasteiger partial charge in [0.25, 0.3) is 0 Å². The molecule has 5 nitrogen and oxygen atoms in total. The molecule has 43 heavy (non-hydrogen) atoms. The van der Waals surface area contributed by atoms with Gasteiger partial charge in [0.1, 0.15) is 5.78 Å². The van der Waals surface area contributed by atoms with Crippen LogP contribution in [0.15, 0.2) is 12.2 Å². The monoisotopic (exact) mass is 607 g/mol. The molecule has 0 aliphatic carbocycles. The van der Waals surface area contributed by atoms with E-state index in [1.807, 2.05) is 0 Å². The molecule has 0 saturated carbocycles. The van der Waals surface area contributed by atoms with E-state index in [1.165, 1.54) is 128 Å². The van der Waals surface area contributed by atoms with Crippen LogP contribution in [0.2, 0.25) is 0 Å². The molecule has 0 aliphatic rings. The van der Waals surface area contributed by atoms with E-state index in [9.17, 15) is 14.7 Å². The minimum atomic E-state index is -2.04. The van der Waals surface area contributed by atoms with E-state index in [0.717, 1.165) is 44.9 Å². The summed E-state index contributed by atoms with van der Waals surface area (Å²) >= 11 is 0. The second kappa shape index (κ2) is 28.3. The molecule has 0 rings (SSSR count). The molecule has 0 aromatic carbocycles. The van der Waals surface area contributed by atoms with Crippen molar-refractivity contribution in [2.45, 2.75) is 213 Å². The van der Waals surface area contributed by atoms with Gasteiger partial charge in [0.15, 0.2) is 5.66 Å². The van der Waals surface area contributed by atoms with Gasteiger partial charge in [-0.2, -0.15) is 0 Å². The van der Waals surface area contributed by atoms with Gasteiger partial charge in [-0.05, 0) is 45.4 Å². The zero-order chi connectivity index (χ0) is 32.1. The quantitative estimate of drug-likeness (QED) is 0.0391. The SMILES string of the molecule is CCCCCCCC/C=C\CCCCCCCC(=O)C(C)(CCCCCCCCCCCCCCCC)C(N)(N)C(=O)O. The highest BCUT2D eigenvalue weighted by molar-refractivity contribution is 5.93. The highest BCUT2D eigenvalue weighted by Crippen LogP contribution is 2.35. The number of carbonyl (C=O) groups excluding carboxylic acids is 1. The number of Topliss-reactive ketones (excluding diaryl/α,β-unsaturated/α-hetero) is 1. The average molecular weight is 607 g/mol. The van der Waals surface area contributed by atoms with E-state index in [2.05, 4.69) is 26.0 Å². The van der Waals surface area contributed by atoms with Crippen LogP contribution >= 0.6 is 0 Å². The topological polar surface area (TPSA) is 106 Å². The Labute approximate surface area is 267 Å². The fourth-order valence-corrected chi connectivity index (χ4v) is 6.12. The van der Waals surface area contributed by atoms with Crippen LogP contribution in [0.25, 0.3) is 0 Å². The molecule has 0 radical (unpaired) electrons. The Balaban J connectivity index is 4.12. The number of ketones is 1. The lowest BCUT2D eigenvalue weighted by molar-refractivity contribution is -0.154. The summed E-state index contributed by atoms with van der Waals surface area (Å²) in [6.07, 6.45) is 38.6. The molecule has 0 heterocycles. The van der Waals surface area contributed by atoms with E-state index in [1.54, 1.807) is 6.92 Å². The summed E-state index contributed by atoms with van der Waals surface area (Å²) in [5, 5.41) is 9.74. The summed E-state index contributed by atoms with van der Waals surface area (Å²) in [7, 11) is 0. The van der Waals surface area contributed by atoms with Crippen LogP contribution in [0, 0.1) is 5.41 Å². The first-order chi connectivity index (χ1) is 20.7. The molecule has 5 N–H and O–H groups in total. The Bertz CT molecular complexity index is 691. The number of rotatable bonds is 33. The van der Waals surface area contributed by atoms with Crippen LogP contribution in [-0.2, 0) is 9.59 Å². The van der Waals surface area contributed by atoms with Crippen molar-refractivity contribution in [3.05, 3.63) is 12.2 Å². The van der Waals surface area contributed by atoms with Crippen molar-refractivity contribution < 1.29 is 14.7 Å². The molecule has 0 aromatic heterocycles. The molecule has 0 aromatic rings. The summed E-state index contributed by atoms with van der Waals surface area (Å²) in [4.78, 5) is 25.2. The van der Waals surface area contributed by atoms with E-state index in [4.69, 9.17) is 11.5 Å². The molecular weight excluding hydrogens is 532 g/mol. The number of carboxylic acid groups (broad SMARTS) is 1. The van der Waals surface area contributed by atoms with Gasteiger partial charge in [0, 0.05) is 6.42 Å². The van der Waals surface area contributed by atoms with Crippen molar-refractivity contribution in [2.75, 3.05) is 0 Å². The standard InChI is InChI=1S/C38H74N2O3/c1-4-6-8-10-12-14-16-18-20-21-23-25-27-29-31-33-35(41)37(3,38(39,40)36(42)43)34-32-30-28-26-24-22-19-17-15-13-11-9-7-5-2/h18,20H,4-17,19,21-34,39-40H2,1-3H3,(H,42,43)/b20-18-. The fourth-order valence-electron chi connectivity index (χ4n) is 6.12. The predicted octanol–water partition coefficient (Wildman–Crippen LogP) is 11.2. The second-order valence-corrected chi connectivity index (χ2v) is 13.6. The van der Waals surface area contributed by atoms with E-state index in [-0.39, 0.29) is 5.78 Å². The van der Waals surface area contributed by atoms with Gasteiger partial charge in [-0.3, -0.25) is 4.79 Å². The molecule has 1 atom stereocenters. The number of nitrogens with two attached hydrogens (primary N) is 2. The van der Waals surface area contributed by atoms with Crippen LogP contribution in [0.3, 0.4) is 0 Å². The van der Waals surface area contributed by atoms with Crippen molar-refractivity contribution >= 4 is 11.8 Å². The van der Waals surface area contributed by atoms with Crippen LogP contribution in [0.5, 0.6) is 0 Å². The highest BCUT2D eigenvalue weighted by atomic mass is 16.4. The van der Waals surface area contributed by atoms with E-state index < -0.39 is 17.0 Å². The van der Waals surface area contributed by atoms with E-state index >= 15 is 0 Å². The summed E-state index contributed by atoms with van der Waals surface area (Å²) in [5.41, 5.74) is 8.92. The Morgan fingerprint density at radius 3 is 1.23 bits per heavy atom. The lowest BCUT2D eigenvalue weighted by Gasteiger charge is -2.39. The maximum Gasteiger partial charge on any atom is 0.339 e. The molecule has 0 fully saturated rings. The molecule has 0 amide bonds. The Morgan fingerprint density at radius 2 is 0.860 bits per heavy atom. The first-order valence-electron chi connectivity index (χ1n) is 18.7. The van der Waals surface area contributed by atoms with Gasteiger partial charge in [-0.25, -0.2) is 4.79 Å². The average Bonchev–Trinajstić information content (AvgIpc) is 2.98. The first kappa shape index (κ1) is 41.8. The third-order valence-corrected chi connectivity index (χ3v) is 9.58. The lowest BCUT2D eigenvalue weighted by atomic mass is 9.69. The highest BCUT2D eigenvalue weighted by Gasteiger charge is 2.52. The predicted molar refractivity (Wildman–Crippen MR) is 186 cm³/mol. The number of hydrogen-bond donors (Lipinski definition) is 3. The largest absolute Gasteiger partial charge is 0.479 e. The summed E-state index contributed by atoms with van der Waals surface area (Å²) in [6, 6.07) is 0. The Hall–Kier alpha value is -1.20. The van der Waals surface area contributed by atoms with Crippen molar-refractivity contribution in [1.82, 2.24) is 0 Å². The smallest absolute Gasteiger partial charge is 0.339 e. The summed E-state index contributed by atoms with van der Waals surface area (Å²) in [5.74, 6) is -1.38.